The molecule has 1 saturated heterocycles. The molecule has 2 fully saturated rings. The highest BCUT2D eigenvalue weighted by Gasteiger charge is 2.45. The molecule has 1 unspecified atom stereocenters. The van der Waals surface area contributed by atoms with Gasteiger partial charge in [0.25, 0.3) is 5.91 Å². The molecule has 1 aromatic carbocycles. The lowest BCUT2D eigenvalue weighted by molar-refractivity contribution is -0.181. The smallest absolute Gasteiger partial charge is 0.314 e. The van der Waals surface area contributed by atoms with Gasteiger partial charge in [-0.25, -0.2) is 9.29 Å². The second-order valence-electron chi connectivity index (χ2n) is 10.2. The Hall–Kier alpha value is -3.12. The van der Waals surface area contributed by atoms with Gasteiger partial charge in [0.05, 0.1) is 36.4 Å². The van der Waals surface area contributed by atoms with Crippen LogP contribution >= 0.6 is 0 Å². The molecule has 10 nitrogen and oxygen atoms in total. The summed E-state index contributed by atoms with van der Waals surface area (Å²) in [4.78, 5) is 29.3. The summed E-state index contributed by atoms with van der Waals surface area (Å²) in [7, 11) is 1.56. The van der Waals surface area contributed by atoms with Gasteiger partial charge < -0.3 is 24.1 Å². The number of furan rings is 1. The molecule has 1 saturated carbocycles. The first kappa shape index (κ1) is 26.5. The molecule has 3 aromatic rings. The largest absolute Gasteiger partial charge is 0.760 e. The van der Waals surface area contributed by atoms with Crippen LogP contribution in [0.5, 0.6) is 0 Å². The average Bonchev–Trinajstić information content (AvgIpc) is 3.64. The van der Waals surface area contributed by atoms with Gasteiger partial charge in [0.1, 0.15) is 11.2 Å². The van der Waals surface area contributed by atoms with Crippen molar-refractivity contribution in [3.05, 3.63) is 52.7 Å². The number of fused-ring (bicyclic) bond motifs is 1. The molecule has 5 rings (SSSR count). The number of rotatable bonds is 11. The number of nitrogens with zero attached hydrogens (tertiary/aromatic N) is 2. The Labute approximate surface area is 222 Å². The summed E-state index contributed by atoms with van der Waals surface area (Å²) in [5.74, 6) is -0.556. The number of carbonyl (C=O) groups excluding carboxylic acids is 1. The lowest BCUT2D eigenvalue weighted by atomic mass is 9.81. The number of hydrogen-bond donors (Lipinski definition) is 2. The van der Waals surface area contributed by atoms with Crippen LogP contribution in [0.4, 0.5) is 0 Å². The van der Waals surface area contributed by atoms with Crippen LogP contribution in [0.15, 0.2) is 34.7 Å². The lowest BCUT2D eigenvalue weighted by Crippen LogP contribution is -2.49. The van der Waals surface area contributed by atoms with Crippen LogP contribution in [0.1, 0.15) is 58.8 Å². The number of aromatic nitrogens is 1. The summed E-state index contributed by atoms with van der Waals surface area (Å²) in [5, 5.41) is 12.8. The number of pyridine rings is 1. The van der Waals surface area contributed by atoms with Crippen molar-refractivity contribution < 1.29 is 32.6 Å². The summed E-state index contributed by atoms with van der Waals surface area (Å²) < 4.78 is 36.7. The maximum Gasteiger partial charge on any atom is 0.314 e. The molecule has 202 valence electrons. The minimum absolute atomic E-state index is 0.0321. The minimum atomic E-state index is -2.53. The lowest BCUT2D eigenvalue weighted by Gasteiger charge is -2.38. The molecule has 1 atom stereocenters. The van der Waals surface area contributed by atoms with Crippen molar-refractivity contribution in [3.8, 4) is 11.3 Å². The molecule has 0 spiro atoms. The van der Waals surface area contributed by atoms with E-state index in [4.69, 9.17) is 14.1 Å². The number of aryl methyl sites for hydroxylation is 1. The van der Waals surface area contributed by atoms with Crippen molar-refractivity contribution in [3.63, 3.8) is 0 Å². The number of carbonyl (C=O) groups is 2. The minimum Gasteiger partial charge on any atom is -0.760 e. The van der Waals surface area contributed by atoms with Crippen LogP contribution in [0.2, 0.25) is 0 Å². The molecule has 2 N–H and O–H groups in total. The predicted octanol–water partition coefficient (Wildman–Crippen LogP) is 3.52. The van der Waals surface area contributed by atoms with Gasteiger partial charge in [-0.2, -0.15) is 0 Å². The number of amides is 1. The third kappa shape index (κ3) is 5.11. The zero-order valence-corrected chi connectivity index (χ0v) is 22.1. The summed E-state index contributed by atoms with van der Waals surface area (Å²) in [6.07, 6.45) is 2.62. The van der Waals surface area contributed by atoms with E-state index in [2.05, 4.69) is 5.32 Å². The van der Waals surface area contributed by atoms with Crippen LogP contribution in [0.3, 0.4) is 0 Å². The topological polar surface area (TPSA) is 145 Å². The first-order valence-electron chi connectivity index (χ1n) is 12.6. The van der Waals surface area contributed by atoms with Crippen molar-refractivity contribution in [1.82, 2.24) is 14.6 Å². The van der Waals surface area contributed by atoms with Gasteiger partial charge in [-0.1, -0.05) is 29.8 Å². The number of hydrogen-bond acceptors (Lipinski definition) is 7. The third-order valence-electron chi connectivity index (χ3n) is 7.39. The second-order valence-corrected chi connectivity index (χ2v) is 11.1. The molecule has 2 aromatic heterocycles. The second kappa shape index (κ2) is 10.6. The van der Waals surface area contributed by atoms with Crippen LogP contribution in [-0.2, 0) is 27.3 Å². The Balaban J connectivity index is 1.48. The van der Waals surface area contributed by atoms with Crippen LogP contribution in [-0.4, -0.2) is 61.8 Å². The highest BCUT2D eigenvalue weighted by molar-refractivity contribution is 7.76. The first-order valence-corrected chi connectivity index (χ1v) is 13.7. The van der Waals surface area contributed by atoms with E-state index < -0.39 is 22.7 Å². The number of carboxylic acids is 1. The van der Waals surface area contributed by atoms with E-state index in [9.17, 15) is 23.5 Å². The van der Waals surface area contributed by atoms with Crippen molar-refractivity contribution in [1.29, 1.82) is 0 Å². The summed E-state index contributed by atoms with van der Waals surface area (Å²) in [6.45, 7) is 2.45. The SMILES string of the molecule is CNC(=O)c1c(-c2ccc(C)cc2)oc2nc(CN(CCCC3(C(=O)O)COC3)S(=O)[O-])c(C3CC3)cc12. The predicted molar refractivity (Wildman–Crippen MR) is 139 cm³/mol. The first-order chi connectivity index (χ1) is 18.2. The molecule has 2 aliphatic rings. The van der Waals surface area contributed by atoms with Gasteiger partial charge in [-0.3, -0.25) is 13.8 Å². The molecule has 0 bridgehead atoms. The van der Waals surface area contributed by atoms with E-state index in [1.165, 1.54) is 4.31 Å². The Kier molecular flexibility index (Phi) is 7.36. The van der Waals surface area contributed by atoms with E-state index in [-0.39, 0.29) is 43.8 Å². The standard InChI is InChI=1S/C27H31N3O7S/c1-16-4-6-18(7-5-16)23-22(24(31)28-2)20-12-19(17-8-9-17)21(29-25(20)37-23)13-30(38(34)35)11-3-10-27(26(32)33)14-36-15-27/h4-7,12,17H,3,8-11,13-15H2,1-2H3,(H,28,31)(H,32,33)(H,34,35)/p-1. The van der Waals surface area contributed by atoms with Crippen molar-refractivity contribution in [2.24, 2.45) is 5.41 Å². The Morgan fingerprint density at radius 3 is 2.53 bits per heavy atom. The highest BCUT2D eigenvalue weighted by atomic mass is 32.2. The normalized spacial score (nSPS) is 17.4. The molecule has 3 heterocycles. The third-order valence-corrected chi connectivity index (χ3v) is 8.12. The molecule has 1 aliphatic heterocycles. The van der Waals surface area contributed by atoms with Gasteiger partial charge in [0, 0.05) is 30.4 Å². The van der Waals surface area contributed by atoms with Crippen LogP contribution < -0.4 is 5.32 Å². The highest BCUT2D eigenvalue weighted by Crippen LogP contribution is 2.44. The van der Waals surface area contributed by atoms with E-state index >= 15 is 0 Å². The van der Waals surface area contributed by atoms with Crippen LogP contribution in [0, 0.1) is 12.3 Å². The number of benzene rings is 1. The molecule has 11 heteroatoms. The van der Waals surface area contributed by atoms with E-state index in [1.54, 1.807) is 7.05 Å². The number of ether oxygens (including phenoxy) is 1. The average molecular weight is 541 g/mol. The molecule has 0 radical (unpaired) electrons. The van der Waals surface area contributed by atoms with E-state index in [0.717, 1.165) is 29.5 Å². The fourth-order valence-electron chi connectivity index (χ4n) is 4.90. The van der Waals surface area contributed by atoms with Gasteiger partial charge in [0.15, 0.2) is 0 Å². The van der Waals surface area contributed by atoms with Crippen molar-refractivity contribution in [2.75, 3.05) is 26.8 Å². The quantitative estimate of drug-likeness (QED) is 0.352. The number of aliphatic carboxylic acids is 1. The van der Waals surface area contributed by atoms with Gasteiger partial charge in [0.2, 0.25) is 5.71 Å². The van der Waals surface area contributed by atoms with Gasteiger partial charge in [-0.15, -0.1) is 0 Å². The molecule has 38 heavy (non-hydrogen) atoms. The summed E-state index contributed by atoms with van der Waals surface area (Å²) in [6, 6.07) is 9.58. The van der Waals surface area contributed by atoms with Crippen molar-refractivity contribution >= 4 is 34.2 Å². The zero-order chi connectivity index (χ0) is 27.0. The molecular formula is C27H30N3O7S-. The molecule has 1 amide bonds. The Morgan fingerprint density at radius 2 is 1.97 bits per heavy atom. The Bertz CT molecular complexity index is 1390. The molecule has 1 aliphatic carbocycles. The zero-order valence-electron chi connectivity index (χ0n) is 21.3. The Morgan fingerprint density at radius 1 is 1.26 bits per heavy atom. The van der Waals surface area contributed by atoms with Crippen molar-refractivity contribution in [2.45, 2.75) is 45.1 Å². The maximum absolute atomic E-state index is 12.9. The maximum atomic E-state index is 12.9. The van der Waals surface area contributed by atoms with Crippen LogP contribution in [0.25, 0.3) is 22.4 Å². The summed E-state index contributed by atoms with van der Waals surface area (Å²) >= 11 is -2.53. The fourth-order valence-corrected chi connectivity index (χ4v) is 5.40. The monoisotopic (exact) mass is 540 g/mol. The van der Waals surface area contributed by atoms with E-state index in [1.807, 2.05) is 37.3 Å². The van der Waals surface area contributed by atoms with Gasteiger partial charge >= 0.3 is 5.97 Å². The number of carboxylic acid groups (broad SMARTS) is 1. The fraction of sp³-hybridized carbons (Fsp3) is 0.444. The summed E-state index contributed by atoms with van der Waals surface area (Å²) in [5.41, 5.74) is 3.04. The molecular weight excluding hydrogens is 510 g/mol. The van der Waals surface area contributed by atoms with E-state index in [0.29, 0.717) is 35.2 Å². The van der Waals surface area contributed by atoms with Gasteiger partial charge in [-0.05, 0) is 50.2 Å². The number of nitrogens with one attached hydrogen (secondary N) is 1.